The van der Waals surface area contributed by atoms with Crippen molar-refractivity contribution in [3.63, 3.8) is 0 Å². The van der Waals surface area contributed by atoms with Gasteiger partial charge in [0.05, 0.1) is 5.56 Å². The van der Waals surface area contributed by atoms with Crippen LogP contribution in [0.15, 0.2) is 42.5 Å². The molecular formula is C28H32O6. The molecule has 0 radical (unpaired) electrons. The maximum Gasteiger partial charge on any atom is 0.343 e. The van der Waals surface area contributed by atoms with Gasteiger partial charge in [-0.3, -0.25) is 4.79 Å². The van der Waals surface area contributed by atoms with Crippen LogP contribution in [0.2, 0.25) is 0 Å². The van der Waals surface area contributed by atoms with Crippen LogP contribution >= 0.6 is 0 Å². The first-order chi connectivity index (χ1) is 16.5. The van der Waals surface area contributed by atoms with E-state index >= 15 is 0 Å². The van der Waals surface area contributed by atoms with Crippen molar-refractivity contribution in [1.29, 1.82) is 0 Å². The number of methoxy groups -OCH3 is 1. The van der Waals surface area contributed by atoms with Crippen molar-refractivity contribution in [2.75, 3.05) is 13.9 Å². The molecule has 4 aliphatic rings. The summed E-state index contributed by atoms with van der Waals surface area (Å²) in [6.45, 7) is 1.91. The predicted octanol–water partition coefficient (Wildman–Crippen LogP) is 5.53. The lowest BCUT2D eigenvalue weighted by Gasteiger charge is -2.57. The lowest BCUT2D eigenvalue weighted by molar-refractivity contribution is -0.150. The SMILES string of the molecule is COC(C)OCOc1ccc(C(=O)Oc2ccc(C=O)cc2)cc1C12CC3CC(CC(C3)C1)C2. The molecular weight excluding hydrogens is 432 g/mol. The first kappa shape index (κ1) is 23.1. The lowest BCUT2D eigenvalue weighted by Crippen LogP contribution is -2.48. The Morgan fingerprint density at radius 2 is 1.68 bits per heavy atom. The Balaban J connectivity index is 1.42. The van der Waals surface area contributed by atoms with Gasteiger partial charge >= 0.3 is 5.97 Å². The minimum Gasteiger partial charge on any atom is -0.467 e. The number of carbonyl (C=O) groups excluding carboxylic acids is 2. The third kappa shape index (κ3) is 4.62. The summed E-state index contributed by atoms with van der Waals surface area (Å²) >= 11 is 0. The molecule has 6 rings (SSSR count). The minimum absolute atomic E-state index is 0.0405. The van der Waals surface area contributed by atoms with E-state index < -0.39 is 5.97 Å². The van der Waals surface area contributed by atoms with E-state index in [4.69, 9.17) is 18.9 Å². The fourth-order valence-electron chi connectivity index (χ4n) is 6.68. The molecule has 0 spiro atoms. The Morgan fingerprint density at radius 1 is 1.03 bits per heavy atom. The second-order valence-corrected chi connectivity index (χ2v) is 10.2. The summed E-state index contributed by atoms with van der Waals surface area (Å²) in [5, 5.41) is 0. The van der Waals surface area contributed by atoms with Crippen LogP contribution in [0, 0.1) is 17.8 Å². The van der Waals surface area contributed by atoms with E-state index in [0.29, 0.717) is 16.9 Å². The summed E-state index contributed by atoms with van der Waals surface area (Å²) < 4.78 is 22.4. The molecule has 0 heterocycles. The second-order valence-electron chi connectivity index (χ2n) is 10.2. The number of aldehydes is 1. The first-order valence-corrected chi connectivity index (χ1v) is 12.2. The van der Waals surface area contributed by atoms with Crippen LogP contribution in [0.25, 0.3) is 0 Å². The Bertz CT molecular complexity index is 1010. The van der Waals surface area contributed by atoms with E-state index in [-0.39, 0.29) is 18.5 Å². The number of rotatable bonds is 9. The van der Waals surface area contributed by atoms with Gasteiger partial charge in [-0.25, -0.2) is 4.79 Å². The van der Waals surface area contributed by atoms with Crippen molar-refractivity contribution < 1.29 is 28.5 Å². The van der Waals surface area contributed by atoms with Crippen molar-refractivity contribution >= 4 is 12.3 Å². The Kier molecular flexibility index (Phi) is 6.45. The van der Waals surface area contributed by atoms with Crippen LogP contribution < -0.4 is 9.47 Å². The van der Waals surface area contributed by atoms with Crippen LogP contribution in [0.1, 0.15) is 71.7 Å². The summed E-state index contributed by atoms with van der Waals surface area (Å²) in [6, 6.07) is 12.1. The van der Waals surface area contributed by atoms with Crippen LogP contribution in [-0.2, 0) is 14.9 Å². The van der Waals surface area contributed by atoms with E-state index in [1.807, 2.05) is 19.1 Å². The highest BCUT2D eigenvalue weighted by molar-refractivity contribution is 5.91. The van der Waals surface area contributed by atoms with Gasteiger partial charge < -0.3 is 18.9 Å². The summed E-state index contributed by atoms with van der Waals surface area (Å²) in [5.41, 5.74) is 2.18. The Hall–Kier alpha value is -2.70. The third-order valence-electron chi connectivity index (χ3n) is 7.90. The number of ether oxygens (including phenoxy) is 4. The molecule has 0 amide bonds. The normalized spacial score (nSPS) is 27.9. The molecule has 34 heavy (non-hydrogen) atoms. The molecule has 0 aromatic heterocycles. The van der Waals surface area contributed by atoms with Crippen LogP contribution in [0.3, 0.4) is 0 Å². The molecule has 2 aromatic rings. The van der Waals surface area contributed by atoms with Gasteiger partial charge in [0, 0.05) is 18.2 Å². The Morgan fingerprint density at radius 3 is 2.26 bits per heavy atom. The molecule has 2 aromatic carbocycles. The average molecular weight is 465 g/mol. The number of hydrogen-bond acceptors (Lipinski definition) is 6. The van der Waals surface area contributed by atoms with Gasteiger partial charge in [-0.15, -0.1) is 0 Å². The van der Waals surface area contributed by atoms with Crippen molar-refractivity contribution in [2.24, 2.45) is 17.8 Å². The van der Waals surface area contributed by atoms with Gasteiger partial charge in [0.25, 0.3) is 0 Å². The minimum atomic E-state index is -0.416. The molecule has 4 bridgehead atoms. The largest absolute Gasteiger partial charge is 0.467 e. The van der Waals surface area contributed by atoms with E-state index in [9.17, 15) is 9.59 Å². The quantitative estimate of drug-likeness (QED) is 0.210. The van der Waals surface area contributed by atoms with E-state index in [1.165, 1.54) is 19.3 Å². The van der Waals surface area contributed by atoms with Crippen LogP contribution in [-0.4, -0.2) is 32.4 Å². The van der Waals surface area contributed by atoms with Gasteiger partial charge in [-0.05, 0) is 111 Å². The zero-order valence-electron chi connectivity index (χ0n) is 19.8. The molecule has 180 valence electrons. The average Bonchev–Trinajstić information content (AvgIpc) is 2.83. The van der Waals surface area contributed by atoms with Gasteiger partial charge in [0.1, 0.15) is 17.8 Å². The highest BCUT2D eigenvalue weighted by atomic mass is 16.7. The zero-order chi connectivity index (χ0) is 23.7. The number of hydrogen-bond donors (Lipinski definition) is 0. The highest BCUT2D eigenvalue weighted by Gasteiger charge is 2.52. The number of benzene rings is 2. The molecule has 0 saturated heterocycles. The van der Waals surface area contributed by atoms with Gasteiger partial charge in [-0.1, -0.05) is 0 Å². The smallest absolute Gasteiger partial charge is 0.343 e. The van der Waals surface area contributed by atoms with E-state index in [0.717, 1.165) is 54.6 Å². The van der Waals surface area contributed by atoms with Gasteiger partial charge in [0.15, 0.2) is 13.1 Å². The van der Waals surface area contributed by atoms with Crippen molar-refractivity contribution in [3.8, 4) is 11.5 Å². The first-order valence-electron chi connectivity index (χ1n) is 12.2. The van der Waals surface area contributed by atoms with Crippen LogP contribution in [0.5, 0.6) is 11.5 Å². The molecule has 0 aliphatic heterocycles. The summed E-state index contributed by atoms with van der Waals surface area (Å²) in [4.78, 5) is 23.9. The van der Waals surface area contributed by atoms with E-state index in [1.54, 1.807) is 37.4 Å². The molecule has 6 nitrogen and oxygen atoms in total. The number of carbonyl (C=O) groups is 2. The maximum absolute atomic E-state index is 13.0. The third-order valence-corrected chi connectivity index (χ3v) is 7.90. The molecule has 4 aliphatic carbocycles. The fraction of sp³-hybridized carbons (Fsp3) is 0.500. The summed E-state index contributed by atoms with van der Waals surface area (Å²) in [7, 11) is 1.60. The zero-order valence-corrected chi connectivity index (χ0v) is 19.8. The van der Waals surface area contributed by atoms with Gasteiger partial charge in [-0.2, -0.15) is 0 Å². The fourth-order valence-corrected chi connectivity index (χ4v) is 6.68. The molecule has 6 heteroatoms. The molecule has 1 atom stereocenters. The van der Waals surface area contributed by atoms with Crippen molar-refractivity contribution in [2.45, 2.75) is 57.2 Å². The van der Waals surface area contributed by atoms with Gasteiger partial charge in [0.2, 0.25) is 0 Å². The maximum atomic E-state index is 13.0. The van der Waals surface area contributed by atoms with E-state index in [2.05, 4.69) is 0 Å². The topological polar surface area (TPSA) is 71.1 Å². The van der Waals surface area contributed by atoms with Crippen molar-refractivity contribution in [1.82, 2.24) is 0 Å². The molecule has 1 unspecified atom stereocenters. The van der Waals surface area contributed by atoms with Crippen molar-refractivity contribution in [3.05, 3.63) is 59.2 Å². The second kappa shape index (κ2) is 9.51. The molecule has 4 fully saturated rings. The summed E-state index contributed by atoms with van der Waals surface area (Å²) in [6.07, 6.45) is 7.86. The highest BCUT2D eigenvalue weighted by Crippen LogP contribution is 2.62. The molecule has 0 N–H and O–H groups in total. The number of esters is 1. The lowest BCUT2D eigenvalue weighted by atomic mass is 9.48. The molecule has 4 saturated carbocycles. The standard InChI is InChI=1S/C28H32O6/c1-18(31-2)32-17-33-26-8-5-23(27(30)34-24-6-3-19(16-29)4-7-24)12-25(26)28-13-20-9-21(14-28)11-22(10-20)15-28/h3-8,12,16,18,20-22H,9-11,13-15,17H2,1-2H3. The van der Waals surface area contributed by atoms with Crippen LogP contribution in [0.4, 0.5) is 0 Å². The Labute approximate surface area is 200 Å². The monoisotopic (exact) mass is 464 g/mol. The summed E-state index contributed by atoms with van der Waals surface area (Å²) in [5.74, 6) is 3.05. The predicted molar refractivity (Wildman–Crippen MR) is 126 cm³/mol.